The molecule has 1 heterocycles. The van der Waals surface area contributed by atoms with E-state index in [0.29, 0.717) is 28.6 Å². The summed E-state index contributed by atoms with van der Waals surface area (Å²) in [6.45, 7) is 3.52. The van der Waals surface area contributed by atoms with Gasteiger partial charge in [-0.25, -0.2) is 9.18 Å². The number of amides is 2. The first kappa shape index (κ1) is 25.4. The number of nitrogens with one attached hydrogen (secondary N) is 2. The minimum Gasteiger partial charge on any atom is -0.505 e. The number of phenolic OH excluding ortho intramolecular Hbond substituents is 1. The summed E-state index contributed by atoms with van der Waals surface area (Å²) in [7, 11) is 0. The van der Waals surface area contributed by atoms with Gasteiger partial charge in [0.1, 0.15) is 6.10 Å². The molecular formula is C27H26FN3O6. The van der Waals surface area contributed by atoms with Crippen LogP contribution in [0.15, 0.2) is 72.8 Å². The summed E-state index contributed by atoms with van der Waals surface area (Å²) in [5.41, 5.74) is 6.42. The molecule has 0 saturated carbocycles. The third-order valence-electron chi connectivity index (χ3n) is 5.68. The minimum atomic E-state index is -1.04. The van der Waals surface area contributed by atoms with Crippen LogP contribution in [0.25, 0.3) is 0 Å². The maximum atomic E-state index is 14.2. The molecule has 1 aliphatic rings. The molecule has 10 heteroatoms. The molecule has 0 aromatic heterocycles. The number of rotatable bonds is 7. The summed E-state index contributed by atoms with van der Waals surface area (Å²) >= 11 is 0. The number of halogens is 1. The smallest absolute Gasteiger partial charge is 0.412 e. The fourth-order valence-corrected chi connectivity index (χ4v) is 3.73. The molecule has 0 aliphatic carbocycles. The van der Waals surface area contributed by atoms with Gasteiger partial charge in [-0.05, 0) is 48.0 Å². The highest BCUT2D eigenvalue weighted by molar-refractivity contribution is 6.01. The number of hydrogen-bond acceptors (Lipinski definition) is 7. The molecule has 37 heavy (non-hydrogen) atoms. The molecule has 0 radical (unpaired) electrons. The predicted octanol–water partition coefficient (Wildman–Crippen LogP) is 5.35. The number of benzene rings is 3. The van der Waals surface area contributed by atoms with E-state index in [1.807, 2.05) is 0 Å². The van der Waals surface area contributed by atoms with E-state index in [1.165, 1.54) is 18.2 Å². The summed E-state index contributed by atoms with van der Waals surface area (Å²) in [5.74, 6) is -0.840. The van der Waals surface area contributed by atoms with Crippen LogP contribution in [-0.2, 0) is 9.53 Å². The molecule has 2 amide bonds. The number of nitrogen functional groups attached to an aromatic ring is 1. The molecule has 9 nitrogen and oxygen atoms in total. The first-order valence-electron chi connectivity index (χ1n) is 11.3. The number of ether oxygens (including phenoxy) is 3. The van der Waals surface area contributed by atoms with E-state index < -0.39 is 35.1 Å². The quantitative estimate of drug-likeness (QED) is 0.250. The maximum absolute atomic E-state index is 14.2. The monoisotopic (exact) mass is 507 g/mol. The topological polar surface area (TPSA) is 132 Å². The molecule has 4 rings (SSSR count). The number of para-hydroxylation sites is 2. The van der Waals surface area contributed by atoms with Gasteiger partial charge >= 0.3 is 6.09 Å². The van der Waals surface area contributed by atoms with Crippen LogP contribution in [0.4, 0.5) is 26.2 Å². The number of carbonyl (C=O) groups excluding carboxylic acids is 2. The molecule has 3 aromatic rings. The zero-order chi connectivity index (χ0) is 26.6. The normalized spacial score (nSPS) is 13.3. The second kappa shape index (κ2) is 10.5. The Morgan fingerprint density at radius 2 is 1.84 bits per heavy atom. The molecule has 0 bridgehead atoms. The number of hydrogen-bond donors (Lipinski definition) is 4. The Labute approximate surface area is 212 Å². The number of aromatic hydroxyl groups is 1. The van der Waals surface area contributed by atoms with Crippen LogP contribution in [0, 0.1) is 11.2 Å². The number of anilines is 3. The van der Waals surface area contributed by atoms with Crippen LogP contribution in [0.1, 0.15) is 25.5 Å². The number of carbonyl (C=O) groups is 2. The van der Waals surface area contributed by atoms with Gasteiger partial charge < -0.3 is 30.4 Å². The third kappa shape index (κ3) is 6.10. The van der Waals surface area contributed by atoms with Crippen LogP contribution < -0.4 is 25.8 Å². The predicted molar refractivity (Wildman–Crippen MR) is 136 cm³/mol. The average Bonchev–Trinajstić information content (AvgIpc) is 3.32. The van der Waals surface area contributed by atoms with Crippen LogP contribution in [0.2, 0.25) is 0 Å². The molecule has 3 aromatic carbocycles. The summed E-state index contributed by atoms with van der Waals surface area (Å²) < 4.78 is 30.5. The Morgan fingerprint density at radius 1 is 1.08 bits per heavy atom. The highest BCUT2D eigenvalue weighted by atomic mass is 19.1. The lowest BCUT2D eigenvalue weighted by Gasteiger charge is -2.31. The standard InChI is InChI=1S/C27H26FN3O6/c1-27(2,12-11-24(33)31-20-6-4-3-5-19(20)29)25(16-7-9-21(32)18(28)13-16)37-26(34)30-17-8-10-22-23(14-17)36-15-35-22/h3-14,25,32H,15,29H2,1-2H3,(H,30,34)(H,31,33)/b12-11+/t25-/m0/s1. The summed E-state index contributed by atoms with van der Waals surface area (Å²) in [5, 5.41) is 14.9. The highest BCUT2D eigenvalue weighted by Crippen LogP contribution is 2.40. The van der Waals surface area contributed by atoms with Gasteiger partial charge in [0, 0.05) is 17.2 Å². The number of fused-ring (bicyclic) bond motifs is 1. The Balaban J connectivity index is 1.54. The van der Waals surface area contributed by atoms with Crippen molar-refractivity contribution >= 4 is 29.1 Å². The molecule has 0 fully saturated rings. The van der Waals surface area contributed by atoms with Crippen molar-refractivity contribution in [2.45, 2.75) is 20.0 Å². The SMILES string of the molecule is CC(C)(/C=C/C(=O)Nc1ccccc1N)[C@@H](OC(=O)Nc1ccc2c(c1)OCO2)c1ccc(O)c(F)c1. The van der Waals surface area contributed by atoms with Crippen molar-refractivity contribution in [3.8, 4) is 17.2 Å². The third-order valence-corrected chi connectivity index (χ3v) is 5.68. The van der Waals surface area contributed by atoms with Gasteiger partial charge in [0.2, 0.25) is 12.7 Å². The largest absolute Gasteiger partial charge is 0.505 e. The molecule has 0 spiro atoms. The van der Waals surface area contributed by atoms with E-state index in [2.05, 4.69) is 10.6 Å². The molecular weight excluding hydrogens is 481 g/mol. The van der Waals surface area contributed by atoms with Crippen LogP contribution in [0.3, 0.4) is 0 Å². The Hall–Kier alpha value is -4.73. The zero-order valence-corrected chi connectivity index (χ0v) is 20.2. The second-order valence-electron chi connectivity index (χ2n) is 8.92. The van der Waals surface area contributed by atoms with Gasteiger partial charge in [0.25, 0.3) is 0 Å². The summed E-state index contributed by atoms with van der Waals surface area (Å²) in [6, 6.07) is 15.3. The summed E-state index contributed by atoms with van der Waals surface area (Å²) in [6.07, 6.45) is 0.975. The Morgan fingerprint density at radius 3 is 2.59 bits per heavy atom. The molecule has 1 aliphatic heterocycles. The van der Waals surface area contributed by atoms with Gasteiger partial charge in [0.15, 0.2) is 23.1 Å². The van der Waals surface area contributed by atoms with Gasteiger partial charge in [-0.1, -0.05) is 38.1 Å². The van der Waals surface area contributed by atoms with Crippen LogP contribution in [0.5, 0.6) is 17.2 Å². The van der Waals surface area contributed by atoms with Gasteiger partial charge in [-0.2, -0.15) is 0 Å². The molecule has 0 unspecified atom stereocenters. The van der Waals surface area contributed by atoms with Gasteiger partial charge in [-0.15, -0.1) is 0 Å². The van der Waals surface area contributed by atoms with E-state index in [1.54, 1.807) is 62.4 Å². The highest BCUT2D eigenvalue weighted by Gasteiger charge is 2.33. The maximum Gasteiger partial charge on any atom is 0.412 e. The van der Waals surface area contributed by atoms with Crippen molar-refractivity contribution in [3.63, 3.8) is 0 Å². The van der Waals surface area contributed by atoms with Crippen molar-refractivity contribution in [2.24, 2.45) is 5.41 Å². The van der Waals surface area contributed by atoms with E-state index in [-0.39, 0.29) is 12.4 Å². The van der Waals surface area contributed by atoms with Gasteiger partial charge in [0.05, 0.1) is 11.4 Å². The Kier molecular flexibility index (Phi) is 7.19. The van der Waals surface area contributed by atoms with Gasteiger partial charge in [-0.3, -0.25) is 10.1 Å². The lowest BCUT2D eigenvalue weighted by Crippen LogP contribution is -2.28. The number of phenols is 1. The van der Waals surface area contributed by atoms with Crippen LogP contribution in [-0.4, -0.2) is 23.9 Å². The first-order chi connectivity index (χ1) is 17.6. The first-order valence-corrected chi connectivity index (χ1v) is 11.3. The molecule has 5 N–H and O–H groups in total. The van der Waals surface area contributed by atoms with Crippen molar-refractivity contribution < 1.29 is 33.3 Å². The van der Waals surface area contributed by atoms with E-state index in [9.17, 15) is 19.1 Å². The van der Waals surface area contributed by atoms with Crippen molar-refractivity contribution in [3.05, 3.63) is 84.2 Å². The lowest BCUT2D eigenvalue weighted by atomic mass is 9.82. The van der Waals surface area contributed by atoms with Crippen molar-refractivity contribution in [1.82, 2.24) is 0 Å². The van der Waals surface area contributed by atoms with E-state index >= 15 is 0 Å². The van der Waals surface area contributed by atoms with Crippen molar-refractivity contribution in [2.75, 3.05) is 23.2 Å². The molecule has 1 atom stereocenters. The fourth-order valence-electron chi connectivity index (χ4n) is 3.73. The molecule has 0 saturated heterocycles. The van der Waals surface area contributed by atoms with E-state index in [4.69, 9.17) is 19.9 Å². The number of nitrogens with two attached hydrogens (primary N) is 1. The Bertz CT molecular complexity index is 1360. The zero-order valence-electron chi connectivity index (χ0n) is 20.2. The summed E-state index contributed by atoms with van der Waals surface area (Å²) in [4.78, 5) is 25.4. The average molecular weight is 508 g/mol. The molecule has 192 valence electrons. The lowest BCUT2D eigenvalue weighted by molar-refractivity contribution is -0.112. The van der Waals surface area contributed by atoms with Crippen molar-refractivity contribution in [1.29, 1.82) is 0 Å². The van der Waals surface area contributed by atoms with Crippen LogP contribution >= 0.6 is 0 Å². The fraction of sp³-hybridized carbons (Fsp3) is 0.185. The second-order valence-corrected chi connectivity index (χ2v) is 8.92. The van der Waals surface area contributed by atoms with E-state index in [0.717, 1.165) is 6.07 Å². The minimum absolute atomic E-state index is 0.0860.